The molecule has 0 bridgehead atoms. The van der Waals surface area contributed by atoms with Gasteiger partial charge in [0.1, 0.15) is 12.4 Å². The summed E-state index contributed by atoms with van der Waals surface area (Å²) in [5.41, 5.74) is 1.36. The molecule has 4 rings (SSSR count). The fourth-order valence-corrected chi connectivity index (χ4v) is 5.14. The van der Waals surface area contributed by atoms with Gasteiger partial charge in [0.05, 0.1) is 21.2 Å². The average molecular weight is 506 g/mol. The Bertz CT molecular complexity index is 1500. The van der Waals surface area contributed by atoms with Gasteiger partial charge in [-0.1, -0.05) is 42.5 Å². The fourth-order valence-electron chi connectivity index (χ4n) is 3.70. The molecule has 0 saturated carbocycles. The summed E-state index contributed by atoms with van der Waals surface area (Å²) in [6.07, 6.45) is 3.49. The Kier molecular flexibility index (Phi) is 7.11. The number of benzene rings is 3. The Labute approximate surface area is 208 Å². The molecule has 184 valence electrons. The molecule has 0 fully saturated rings. The maximum absolute atomic E-state index is 13.4. The summed E-state index contributed by atoms with van der Waals surface area (Å²) in [6, 6.07) is 20.2. The molecule has 3 aromatic carbocycles. The van der Waals surface area contributed by atoms with Crippen LogP contribution in [-0.4, -0.2) is 35.3 Å². The van der Waals surface area contributed by atoms with Crippen molar-refractivity contribution in [3.05, 3.63) is 113 Å². The highest BCUT2D eigenvalue weighted by molar-refractivity contribution is 7.92. The lowest BCUT2D eigenvalue weighted by Crippen LogP contribution is -2.40. The van der Waals surface area contributed by atoms with Gasteiger partial charge < -0.3 is 9.88 Å². The molecule has 0 aliphatic carbocycles. The molecule has 0 aliphatic rings. The van der Waals surface area contributed by atoms with Gasteiger partial charge in [-0.2, -0.15) is 0 Å². The van der Waals surface area contributed by atoms with Crippen LogP contribution in [0.15, 0.2) is 96.2 Å². The lowest BCUT2D eigenvalue weighted by atomic mass is 10.1. The van der Waals surface area contributed by atoms with Crippen molar-refractivity contribution in [3.63, 3.8) is 0 Å². The predicted molar refractivity (Wildman–Crippen MR) is 134 cm³/mol. The number of carbonyl (C=O) groups excluding carboxylic acids is 1. The zero-order valence-corrected chi connectivity index (χ0v) is 20.1. The summed E-state index contributed by atoms with van der Waals surface area (Å²) >= 11 is 0. The maximum atomic E-state index is 13.4. The second-order valence-corrected chi connectivity index (χ2v) is 9.71. The number of nitro groups is 1. The molecule has 0 spiro atoms. The van der Waals surface area contributed by atoms with E-state index in [0.29, 0.717) is 0 Å². The highest BCUT2D eigenvalue weighted by atomic mass is 32.2. The molecule has 1 N–H and O–H groups in total. The second kappa shape index (κ2) is 10.4. The number of nitro benzene ring substituents is 1. The van der Waals surface area contributed by atoms with Crippen molar-refractivity contribution in [1.82, 2.24) is 14.9 Å². The summed E-state index contributed by atoms with van der Waals surface area (Å²) in [5, 5.41) is 14.1. The van der Waals surface area contributed by atoms with Crippen LogP contribution in [-0.2, 0) is 21.4 Å². The minimum Gasteiger partial charge on any atom is -0.350 e. The Balaban J connectivity index is 1.61. The molecule has 0 radical (unpaired) electrons. The average Bonchev–Trinajstić information content (AvgIpc) is 3.32. The van der Waals surface area contributed by atoms with Crippen LogP contribution in [0.4, 0.5) is 11.4 Å². The second-order valence-electron chi connectivity index (χ2n) is 7.85. The first-order valence-electron chi connectivity index (χ1n) is 10.9. The van der Waals surface area contributed by atoms with E-state index in [1.54, 1.807) is 24.4 Å². The quantitative estimate of drug-likeness (QED) is 0.273. The third-order valence-corrected chi connectivity index (χ3v) is 7.29. The number of aryl methyl sites for hydroxylation is 1. The van der Waals surface area contributed by atoms with E-state index in [9.17, 15) is 23.3 Å². The van der Waals surface area contributed by atoms with Crippen LogP contribution in [0.2, 0.25) is 0 Å². The normalized spacial score (nSPS) is 11.1. The van der Waals surface area contributed by atoms with E-state index in [1.807, 2.05) is 42.0 Å². The first kappa shape index (κ1) is 24.6. The number of nitrogens with one attached hydrogen (secondary N) is 1. The molecule has 1 aromatic heterocycles. The molecule has 36 heavy (non-hydrogen) atoms. The minimum atomic E-state index is -4.19. The van der Waals surface area contributed by atoms with Gasteiger partial charge in [-0.15, -0.1) is 0 Å². The van der Waals surface area contributed by atoms with Crippen LogP contribution >= 0.6 is 0 Å². The van der Waals surface area contributed by atoms with Gasteiger partial charge >= 0.3 is 0 Å². The molecule has 1 heterocycles. The molecule has 0 atom stereocenters. The van der Waals surface area contributed by atoms with E-state index in [4.69, 9.17) is 0 Å². The lowest BCUT2D eigenvalue weighted by Gasteiger charge is -2.24. The van der Waals surface area contributed by atoms with E-state index in [1.165, 1.54) is 30.3 Å². The molecule has 1 amide bonds. The van der Waals surface area contributed by atoms with Crippen molar-refractivity contribution in [2.24, 2.45) is 0 Å². The smallest absolute Gasteiger partial charge is 0.271 e. The predicted octanol–water partition coefficient (Wildman–Crippen LogP) is 3.60. The van der Waals surface area contributed by atoms with E-state index < -0.39 is 27.4 Å². The lowest BCUT2D eigenvalue weighted by molar-refractivity contribution is -0.384. The first-order chi connectivity index (χ1) is 17.3. The zero-order valence-electron chi connectivity index (χ0n) is 19.3. The number of carbonyl (C=O) groups is 1. The number of hydrogen-bond acceptors (Lipinski definition) is 6. The fraction of sp³-hybridized carbons (Fsp3) is 0.120. The number of nitrogens with zero attached hydrogens (tertiary/aromatic N) is 4. The molecule has 4 aromatic rings. The van der Waals surface area contributed by atoms with E-state index >= 15 is 0 Å². The maximum Gasteiger partial charge on any atom is 0.271 e. The minimum absolute atomic E-state index is 0.0117. The van der Waals surface area contributed by atoms with Crippen molar-refractivity contribution in [2.75, 3.05) is 10.8 Å². The van der Waals surface area contributed by atoms with Crippen molar-refractivity contribution < 1.29 is 18.1 Å². The third kappa shape index (κ3) is 5.26. The largest absolute Gasteiger partial charge is 0.350 e. The monoisotopic (exact) mass is 505 g/mol. The molecular weight excluding hydrogens is 482 g/mol. The van der Waals surface area contributed by atoms with Crippen molar-refractivity contribution in [3.8, 4) is 5.69 Å². The number of non-ortho nitro benzene ring substituents is 1. The molecule has 0 aliphatic heterocycles. The summed E-state index contributed by atoms with van der Waals surface area (Å²) in [4.78, 5) is 27.8. The molecular formula is C25H23N5O5S. The topological polar surface area (TPSA) is 127 Å². The van der Waals surface area contributed by atoms with Gasteiger partial charge in [0, 0.05) is 31.1 Å². The number of para-hydroxylation sites is 1. The Morgan fingerprint density at radius 3 is 2.47 bits per heavy atom. The summed E-state index contributed by atoms with van der Waals surface area (Å²) in [6.45, 7) is 1.44. The number of aromatic nitrogens is 2. The first-order valence-corrected chi connectivity index (χ1v) is 12.4. The summed E-state index contributed by atoms with van der Waals surface area (Å²) in [7, 11) is -4.19. The summed E-state index contributed by atoms with van der Waals surface area (Å²) in [5.74, 6) is 0.206. The summed E-state index contributed by atoms with van der Waals surface area (Å²) < 4.78 is 29.6. The molecule has 11 heteroatoms. The van der Waals surface area contributed by atoms with Gasteiger partial charge in [-0.05, 0) is 36.8 Å². The Morgan fingerprint density at radius 1 is 1.06 bits per heavy atom. The van der Waals surface area contributed by atoms with Crippen LogP contribution in [0.3, 0.4) is 0 Å². The highest BCUT2D eigenvalue weighted by Crippen LogP contribution is 2.27. The van der Waals surface area contributed by atoms with E-state index in [0.717, 1.165) is 27.4 Å². The van der Waals surface area contributed by atoms with Gasteiger partial charge in [-0.3, -0.25) is 19.2 Å². The molecule has 10 nitrogen and oxygen atoms in total. The van der Waals surface area contributed by atoms with Gasteiger partial charge in [-0.25, -0.2) is 13.4 Å². The van der Waals surface area contributed by atoms with E-state index in [2.05, 4.69) is 10.3 Å². The zero-order chi connectivity index (χ0) is 25.7. The van der Waals surface area contributed by atoms with Crippen LogP contribution in [0.1, 0.15) is 11.4 Å². The van der Waals surface area contributed by atoms with Crippen LogP contribution in [0.5, 0.6) is 0 Å². The number of sulfonamides is 1. The van der Waals surface area contributed by atoms with Gasteiger partial charge in [0.2, 0.25) is 5.91 Å². The van der Waals surface area contributed by atoms with Crippen molar-refractivity contribution in [1.29, 1.82) is 0 Å². The van der Waals surface area contributed by atoms with Crippen molar-refractivity contribution in [2.45, 2.75) is 18.4 Å². The van der Waals surface area contributed by atoms with E-state index in [-0.39, 0.29) is 22.8 Å². The number of amides is 1. The standard InChI is InChI=1S/C25H23N5O5S/c1-19-26-14-15-28(19)24-13-6-5-8-20(24)17-27-25(31)18-29(21-9-7-10-22(16-21)30(32)33)36(34,35)23-11-3-2-4-12-23/h2-16H,17-18H2,1H3,(H,27,31). The Hall–Kier alpha value is -4.51. The van der Waals surface area contributed by atoms with Crippen LogP contribution in [0.25, 0.3) is 5.69 Å². The third-order valence-electron chi connectivity index (χ3n) is 5.50. The number of hydrogen-bond donors (Lipinski definition) is 1. The van der Waals surface area contributed by atoms with Crippen molar-refractivity contribution >= 4 is 27.3 Å². The highest BCUT2D eigenvalue weighted by Gasteiger charge is 2.28. The number of anilines is 1. The van der Waals surface area contributed by atoms with Crippen LogP contribution in [0, 0.1) is 17.0 Å². The molecule has 0 unspecified atom stereocenters. The van der Waals surface area contributed by atoms with Crippen LogP contribution < -0.4 is 9.62 Å². The molecule has 0 saturated heterocycles. The Morgan fingerprint density at radius 2 is 1.78 bits per heavy atom. The van der Waals surface area contributed by atoms with Gasteiger partial charge in [0.15, 0.2) is 0 Å². The number of rotatable bonds is 9. The SMILES string of the molecule is Cc1nccn1-c1ccccc1CNC(=O)CN(c1cccc([N+](=O)[O-])c1)S(=O)(=O)c1ccccc1. The number of imidazole rings is 1. The van der Waals surface area contributed by atoms with Gasteiger partial charge in [0.25, 0.3) is 15.7 Å².